The number of pyridine rings is 1. The second kappa shape index (κ2) is 2.62. The van der Waals surface area contributed by atoms with Crippen LogP contribution in [0.5, 0.6) is 0 Å². The number of nitrogens with zero attached hydrogens (tertiary/aromatic N) is 1. The predicted molar refractivity (Wildman–Crippen MR) is 36.5 cm³/mol. The monoisotopic (exact) mass is 141 g/mol. The maximum atomic E-state index is 12.4. The highest BCUT2D eigenvalue weighted by Crippen LogP contribution is 2.04. The average molecular weight is 141 g/mol. The van der Waals surface area contributed by atoms with Crippen molar-refractivity contribution in [3.8, 4) is 0 Å². The molecule has 0 spiro atoms. The maximum Gasteiger partial charge on any atom is 0.128 e. The van der Waals surface area contributed by atoms with Crippen LogP contribution in [0.25, 0.3) is 0 Å². The van der Waals surface area contributed by atoms with Gasteiger partial charge in [0.1, 0.15) is 11.6 Å². The van der Waals surface area contributed by atoms with E-state index >= 15 is 0 Å². The van der Waals surface area contributed by atoms with E-state index in [9.17, 15) is 4.39 Å². The number of nitrogen functional groups attached to an aromatic ring is 1. The molecule has 0 aliphatic rings. The molecule has 54 valence electrons. The molecular formula is C6H8FN3. The summed E-state index contributed by atoms with van der Waals surface area (Å²) >= 11 is 0. The summed E-state index contributed by atoms with van der Waals surface area (Å²) in [5.41, 5.74) is 10.9. The smallest absolute Gasteiger partial charge is 0.128 e. The summed E-state index contributed by atoms with van der Waals surface area (Å²) in [6, 6.07) is 2.41. The predicted octanol–water partition coefficient (Wildman–Crippen LogP) is 0.262. The molecule has 0 radical (unpaired) electrons. The molecule has 1 rings (SSSR count). The van der Waals surface area contributed by atoms with Crippen LogP contribution in [-0.2, 0) is 6.54 Å². The standard InChI is InChI=1S/C6H8FN3/c7-4-1-5(3-8)10-6(9)2-4/h1-2H,3,8H2,(H2,9,10). The summed E-state index contributed by atoms with van der Waals surface area (Å²) in [7, 11) is 0. The lowest BCUT2D eigenvalue weighted by atomic mass is 10.3. The molecule has 0 fully saturated rings. The van der Waals surface area contributed by atoms with E-state index in [1.807, 2.05) is 0 Å². The topological polar surface area (TPSA) is 64.9 Å². The molecule has 0 amide bonds. The number of hydrogen-bond acceptors (Lipinski definition) is 3. The SMILES string of the molecule is NCc1cc(F)cc(N)n1. The molecule has 4 N–H and O–H groups in total. The van der Waals surface area contributed by atoms with Gasteiger partial charge < -0.3 is 11.5 Å². The fraction of sp³-hybridized carbons (Fsp3) is 0.167. The third-order valence-electron chi connectivity index (χ3n) is 1.07. The third kappa shape index (κ3) is 1.41. The maximum absolute atomic E-state index is 12.4. The fourth-order valence-corrected chi connectivity index (χ4v) is 0.677. The van der Waals surface area contributed by atoms with Crippen LogP contribution in [0, 0.1) is 5.82 Å². The molecular weight excluding hydrogens is 133 g/mol. The van der Waals surface area contributed by atoms with Crippen LogP contribution in [0.1, 0.15) is 5.69 Å². The zero-order chi connectivity index (χ0) is 7.56. The van der Waals surface area contributed by atoms with Gasteiger partial charge in [-0.3, -0.25) is 0 Å². The van der Waals surface area contributed by atoms with Crippen molar-refractivity contribution >= 4 is 5.82 Å². The first kappa shape index (κ1) is 6.95. The normalized spacial score (nSPS) is 9.80. The summed E-state index contributed by atoms with van der Waals surface area (Å²) in [5, 5.41) is 0. The molecule has 10 heavy (non-hydrogen) atoms. The minimum atomic E-state index is -0.395. The fourth-order valence-electron chi connectivity index (χ4n) is 0.677. The van der Waals surface area contributed by atoms with Gasteiger partial charge in [0.05, 0.1) is 5.69 Å². The Kier molecular flexibility index (Phi) is 1.82. The second-order valence-electron chi connectivity index (χ2n) is 1.91. The average Bonchev–Trinajstić information content (AvgIpc) is 1.85. The quantitative estimate of drug-likeness (QED) is 0.589. The van der Waals surface area contributed by atoms with E-state index in [1.165, 1.54) is 6.07 Å². The Morgan fingerprint density at radius 3 is 2.70 bits per heavy atom. The van der Waals surface area contributed by atoms with E-state index in [0.29, 0.717) is 5.69 Å². The van der Waals surface area contributed by atoms with Gasteiger partial charge in [-0.05, 0) is 6.07 Å². The van der Waals surface area contributed by atoms with Crippen molar-refractivity contribution in [1.82, 2.24) is 4.98 Å². The van der Waals surface area contributed by atoms with Gasteiger partial charge in [-0.2, -0.15) is 0 Å². The first-order chi connectivity index (χ1) is 4.72. The lowest BCUT2D eigenvalue weighted by Gasteiger charge is -1.96. The molecule has 0 saturated heterocycles. The minimum absolute atomic E-state index is 0.167. The summed E-state index contributed by atoms with van der Waals surface area (Å²) in [4.78, 5) is 3.77. The second-order valence-corrected chi connectivity index (χ2v) is 1.91. The van der Waals surface area contributed by atoms with Gasteiger partial charge in [0.2, 0.25) is 0 Å². The number of nitrogens with two attached hydrogens (primary N) is 2. The first-order valence-electron chi connectivity index (χ1n) is 2.84. The Morgan fingerprint density at radius 2 is 2.20 bits per heavy atom. The molecule has 1 aromatic heterocycles. The van der Waals surface area contributed by atoms with Crippen molar-refractivity contribution in [1.29, 1.82) is 0 Å². The molecule has 0 bridgehead atoms. The molecule has 0 aromatic carbocycles. The number of aromatic nitrogens is 1. The van der Waals surface area contributed by atoms with Crippen LogP contribution in [0.2, 0.25) is 0 Å². The molecule has 0 saturated carbocycles. The van der Waals surface area contributed by atoms with Gasteiger partial charge in [0.15, 0.2) is 0 Å². The van der Waals surface area contributed by atoms with Crippen molar-refractivity contribution in [2.45, 2.75) is 6.54 Å². The number of halogens is 1. The van der Waals surface area contributed by atoms with E-state index in [1.54, 1.807) is 0 Å². The van der Waals surface area contributed by atoms with Crippen LogP contribution in [-0.4, -0.2) is 4.98 Å². The van der Waals surface area contributed by atoms with Gasteiger partial charge in [-0.25, -0.2) is 9.37 Å². The Morgan fingerprint density at radius 1 is 1.50 bits per heavy atom. The highest BCUT2D eigenvalue weighted by molar-refractivity contribution is 5.29. The van der Waals surface area contributed by atoms with Crippen molar-refractivity contribution in [3.05, 3.63) is 23.6 Å². The number of anilines is 1. The first-order valence-corrected chi connectivity index (χ1v) is 2.84. The Hall–Kier alpha value is -1.16. The summed E-state index contributed by atoms with van der Waals surface area (Å²) in [5.74, 6) is -0.228. The van der Waals surface area contributed by atoms with E-state index < -0.39 is 5.82 Å². The van der Waals surface area contributed by atoms with E-state index in [0.717, 1.165) is 6.07 Å². The molecule has 3 nitrogen and oxygen atoms in total. The van der Waals surface area contributed by atoms with Gasteiger partial charge in [0, 0.05) is 12.6 Å². The lowest BCUT2D eigenvalue weighted by molar-refractivity contribution is 0.623. The highest BCUT2D eigenvalue weighted by Gasteiger charge is 1.96. The zero-order valence-electron chi connectivity index (χ0n) is 5.34. The Labute approximate surface area is 57.9 Å². The third-order valence-corrected chi connectivity index (χ3v) is 1.07. The number of hydrogen-bond donors (Lipinski definition) is 2. The van der Waals surface area contributed by atoms with Crippen molar-refractivity contribution < 1.29 is 4.39 Å². The molecule has 0 unspecified atom stereocenters. The summed E-state index contributed by atoms with van der Waals surface area (Å²) < 4.78 is 12.4. The largest absolute Gasteiger partial charge is 0.384 e. The van der Waals surface area contributed by atoms with Gasteiger partial charge in [0.25, 0.3) is 0 Å². The van der Waals surface area contributed by atoms with Crippen molar-refractivity contribution in [2.24, 2.45) is 5.73 Å². The summed E-state index contributed by atoms with van der Waals surface area (Å²) in [6.07, 6.45) is 0. The van der Waals surface area contributed by atoms with Gasteiger partial charge >= 0.3 is 0 Å². The zero-order valence-corrected chi connectivity index (χ0v) is 5.34. The molecule has 0 atom stereocenters. The van der Waals surface area contributed by atoms with Crippen LogP contribution in [0.3, 0.4) is 0 Å². The minimum Gasteiger partial charge on any atom is -0.384 e. The van der Waals surface area contributed by atoms with Crippen LogP contribution in [0.15, 0.2) is 12.1 Å². The van der Waals surface area contributed by atoms with E-state index in [-0.39, 0.29) is 12.4 Å². The summed E-state index contributed by atoms with van der Waals surface area (Å²) in [6.45, 7) is 0.210. The van der Waals surface area contributed by atoms with Crippen LogP contribution < -0.4 is 11.5 Å². The number of rotatable bonds is 1. The van der Waals surface area contributed by atoms with Gasteiger partial charge in [-0.15, -0.1) is 0 Å². The molecule has 0 aliphatic carbocycles. The van der Waals surface area contributed by atoms with Crippen LogP contribution in [0.4, 0.5) is 10.2 Å². The highest BCUT2D eigenvalue weighted by atomic mass is 19.1. The Bertz CT molecular complexity index is 216. The molecule has 4 heteroatoms. The molecule has 1 heterocycles. The van der Waals surface area contributed by atoms with Crippen molar-refractivity contribution in [2.75, 3.05) is 5.73 Å². The van der Waals surface area contributed by atoms with E-state index in [2.05, 4.69) is 4.98 Å². The Balaban J connectivity index is 3.06. The van der Waals surface area contributed by atoms with Gasteiger partial charge in [-0.1, -0.05) is 0 Å². The van der Waals surface area contributed by atoms with E-state index in [4.69, 9.17) is 11.5 Å². The van der Waals surface area contributed by atoms with Crippen molar-refractivity contribution in [3.63, 3.8) is 0 Å². The molecule has 1 aromatic rings. The molecule has 0 aliphatic heterocycles. The van der Waals surface area contributed by atoms with Crippen LogP contribution >= 0.6 is 0 Å². The lowest BCUT2D eigenvalue weighted by Crippen LogP contribution is -2.02.